The Balaban J connectivity index is 2.46. The van der Waals surface area contributed by atoms with Crippen LogP contribution < -0.4 is 4.74 Å². The number of hydrogen-bond acceptors (Lipinski definition) is 2. The van der Waals surface area contributed by atoms with Crippen molar-refractivity contribution in [1.29, 1.82) is 0 Å². The van der Waals surface area contributed by atoms with Gasteiger partial charge in [-0.15, -0.1) is 0 Å². The van der Waals surface area contributed by atoms with Gasteiger partial charge in [0.1, 0.15) is 5.75 Å². The molecule has 0 amide bonds. The molecule has 0 fully saturated rings. The van der Waals surface area contributed by atoms with E-state index in [9.17, 15) is 0 Å². The Morgan fingerprint density at radius 2 is 2.23 bits per heavy atom. The van der Waals surface area contributed by atoms with Gasteiger partial charge < -0.3 is 9.84 Å². The van der Waals surface area contributed by atoms with E-state index < -0.39 is 0 Å². The molecule has 1 aromatic carbocycles. The zero-order valence-electron chi connectivity index (χ0n) is 8.00. The summed E-state index contributed by atoms with van der Waals surface area (Å²) in [4.78, 5) is 0. The highest BCUT2D eigenvalue weighted by molar-refractivity contribution is 5.44. The van der Waals surface area contributed by atoms with Crippen LogP contribution in [0.4, 0.5) is 0 Å². The topological polar surface area (TPSA) is 29.5 Å². The third-order valence-corrected chi connectivity index (χ3v) is 2.55. The van der Waals surface area contributed by atoms with Crippen LogP contribution in [0.2, 0.25) is 0 Å². The van der Waals surface area contributed by atoms with Gasteiger partial charge in [-0.25, -0.2) is 0 Å². The van der Waals surface area contributed by atoms with E-state index >= 15 is 0 Å². The van der Waals surface area contributed by atoms with Gasteiger partial charge in [0.25, 0.3) is 0 Å². The number of aliphatic hydroxyl groups excluding tert-OH is 1. The molecule has 1 N–H and O–H groups in total. The molecule has 0 aliphatic carbocycles. The molecule has 0 bridgehead atoms. The third kappa shape index (κ3) is 1.31. The number of ether oxygens (including phenoxy) is 1. The van der Waals surface area contributed by atoms with Crippen LogP contribution in [0, 0.1) is 0 Å². The SMILES string of the molecule is CC1(C)COc2cc(CO)ccc21. The number of rotatable bonds is 1. The predicted octanol–water partition coefficient (Wildman–Crippen LogP) is 1.85. The van der Waals surface area contributed by atoms with Crippen molar-refractivity contribution in [1.82, 2.24) is 0 Å². The Morgan fingerprint density at radius 1 is 1.46 bits per heavy atom. The predicted molar refractivity (Wildman–Crippen MR) is 50.9 cm³/mol. The molecule has 13 heavy (non-hydrogen) atoms. The molecule has 1 aliphatic rings. The summed E-state index contributed by atoms with van der Waals surface area (Å²) in [5.41, 5.74) is 2.27. The van der Waals surface area contributed by atoms with E-state index in [-0.39, 0.29) is 12.0 Å². The first-order valence-corrected chi connectivity index (χ1v) is 4.50. The van der Waals surface area contributed by atoms with E-state index in [0.29, 0.717) is 0 Å². The fraction of sp³-hybridized carbons (Fsp3) is 0.455. The fourth-order valence-corrected chi connectivity index (χ4v) is 1.68. The van der Waals surface area contributed by atoms with E-state index in [4.69, 9.17) is 9.84 Å². The van der Waals surface area contributed by atoms with Gasteiger partial charge in [0, 0.05) is 11.0 Å². The Hall–Kier alpha value is -1.02. The van der Waals surface area contributed by atoms with Crippen LogP contribution in [-0.4, -0.2) is 11.7 Å². The molecular formula is C11H14O2. The molecule has 0 unspecified atom stereocenters. The lowest BCUT2D eigenvalue weighted by atomic mass is 9.87. The van der Waals surface area contributed by atoms with Crippen molar-refractivity contribution in [3.8, 4) is 5.75 Å². The Labute approximate surface area is 78.2 Å². The van der Waals surface area contributed by atoms with Crippen LogP contribution in [0.5, 0.6) is 5.75 Å². The van der Waals surface area contributed by atoms with Crippen molar-refractivity contribution < 1.29 is 9.84 Å². The average Bonchev–Trinajstić information content (AvgIpc) is 2.42. The second-order valence-electron chi connectivity index (χ2n) is 4.16. The van der Waals surface area contributed by atoms with Gasteiger partial charge in [0.05, 0.1) is 13.2 Å². The van der Waals surface area contributed by atoms with Gasteiger partial charge in [0.2, 0.25) is 0 Å². The van der Waals surface area contributed by atoms with Gasteiger partial charge in [-0.2, -0.15) is 0 Å². The monoisotopic (exact) mass is 178 g/mol. The smallest absolute Gasteiger partial charge is 0.123 e. The molecule has 0 saturated heterocycles. The first-order chi connectivity index (χ1) is 6.13. The molecule has 0 radical (unpaired) electrons. The van der Waals surface area contributed by atoms with E-state index in [0.717, 1.165) is 17.9 Å². The second kappa shape index (κ2) is 2.74. The largest absolute Gasteiger partial charge is 0.492 e. The fourth-order valence-electron chi connectivity index (χ4n) is 1.68. The maximum Gasteiger partial charge on any atom is 0.123 e. The molecular weight excluding hydrogens is 164 g/mol. The van der Waals surface area contributed by atoms with Gasteiger partial charge in [0.15, 0.2) is 0 Å². The van der Waals surface area contributed by atoms with Crippen molar-refractivity contribution >= 4 is 0 Å². The molecule has 2 heteroatoms. The molecule has 0 atom stereocenters. The maximum atomic E-state index is 8.94. The molecule has 0 spiro atoms. The highest BCUT2D eigenvalue weighted by Crippen LogP contribution is 2.38. The molecule has 2 nitrogen and oxygen atoms in total. The van der Waals surface area contributed by atoms with E-state index in [2.05, 4.69) is 13.8 Å². The zero-order valence-corrected chi connectivity index (χ0v) is 8.00. The summed E-state index contributed by atoms with van der Waals surface area (Å²) < 4.78 is 5.55. The summed E-state index contributed by atoms with van der Waals surface area (Å²) >= 11 is 0. The second-order valence-corrected chi connectivity index (χ2v) is 4.16. The first kappa shape index (κ1) is 8.57. The van der Waals surface area contributed by atoms with Crippen LogP contribution in [0.15, 0.2) is 18.2 Å². The molecule has 70 valence electrons. The lowest BCUT2D eigenvalue weighted by Crippen LogP contribution is -2.18. The van der Waals surface area contributed by atoms with Crippen molar-refractivity contribution in [2.24, 2.45) is 0 Å². The Morgan fingerprint density at radius 3 is 2.92 bits per heavy atom. The zero-order chi connectivity index (χ0) is 9.47. The van der Waals surface area contributed by atoms with Crippen LogP contribution in [0.25, 0.3) is 0 Å². The van der Waals surface area contributed by atoms with Crippen molar-refractivity contribution in [3.05, 3.63) is 29.3 Å². The molecule has 1 heterocycles. The van der Waals surface area contributed by atoms with E-state index in [1.54, 1.807) is 0 Å². The number of fused-ring (bicyclic) bond motifs is 1. The number of aliphatic hydroxyl groups is 1. The molecule has 0 aromatic heterocycles. The minimum Gasteiger partial charge on any atom is -0.492 e. The highest BCUT2D eigenvalue weighted by atomic mass is 16.5. The van der Waals surface area contributed by atoms with Crippen molar-refractivity contribution in [2.75, 3.05) is 6.61 Å². The van der Waals surface area contributed by atoms with Crippen LogP contribution in [-0.2, 0) is 12.0 Å². The van der Waals surface area contributed by atoms with Gasteiger partial charge in [-0.1, -0.05) is 26.0 Å². The van der Waals surface area contributed by atoms with Crippen LogP contribution in [0.1, 0.15) is 25.0 Å². The quantitative estimate of drug-likeness (QED) is 0.711. The van der Waals surface area contributed by atoms with Crippen molar-refractivity contribution in [3.63, 3.8) is 0 Å². The molecule has 2 rings (SSSR count). The number of benzene rings is 1. The average molecular weight is 178 g/mol. The van der Waals surface area contributed by atoms with Crippen LogP contribution >= 0.6 is 0 Å². The third-order valence-electron chi connectivity index (χ3n) is 2.55. The summed E-state index contributed by atoms with van der Waals surface area (Å²) in [5.74, 6) is 0.927. The number of hydrogen-bond donors (Lipinski definition) is 1. The first-order valence-electron chi connectivity index (χ1n) is 4.50. The highest BCUT2D eigenvalue weighted by Gasteiger charge is 2.31. The normalized spacial score (nSPS) is 18.1. The standard InChI is InChI=1S/C11H14O2/c1-11(2)7-13-10-5-8(6-12)3-4-9(10)11/h3-5,12H,6-7H2,1-2H3. The van der Waals surface area contributed by atoms with Crippen LogP contribution in [0.3, 0.4) is 0 Å². The summed E-state index contributed by atoms with van der Waals surface area (Å²) in [5, 5.41) is 8.94. The van der Waals surface area contributed by atoms with E-state index in [1.165, 1.54) is 5.56 Å². The summed E-state index contributed by atoms with van der Waals surface area (Å²) in [6.45, 7) is 5.14. The summed E-state index contributed by atoms with van der Waals surface area (Å²) in [6.07, 6.45) is 0. The van der Waals surface area contributed by atoms with Crippen molar-refractivity contribution in [2.45, 2.75) is 25.9 Å². The molecule has 1 aliphatic heterocycles. The van der Waals surface area contributed by atoms with Gasteiger partial charge in [-0.05, 0) is 11.6 Å². The minimum absolute atomic E-state index is 0.0804. The van der Waals surface area contributed by atoms with Gasteiger partial charge in [-0.3, -0.25) is 0 Å². The van der Waals surface area contributed by atoms with Gasteiger partial charge >= 0.3 is 0 Å². The lowest BCUT2D eigenvalue weighted by Gasteiger charge is -2.14. The lowest BCUT2D eigenvalue weighted by molar-refractivity contribution is 0.278. The Bertz CT molecular complexity index is 329. The summed E-state index contributed by atoms with van der Waals surface area (Å²) in [6, 6.07) is 5.92. The summed E-state index contributed by atoms with van der Waals surface area (Å²) in [7, 11) is 0. The molecule has 0 saturated carbocycles. The maximum absolute atomic E-state index is 8.94. The Kier molecular flexibility index (Phi) is 1.81. The molecule has 1 aromatic rings. The minimum atomic E-state index is 0.0804. The van der Waals surface area contributed by atoms with E-state index in [1.807, 2.05) is 18.2 Å².